The molecular weight excluding hydrogens is 208 g/mol. The fourth-order valence-corrected chi connectivity index (χ4v) is 0.905. The Bertz CT molecular complexity index is 410. The smallest absolute Gasteiger partial charge is 0.129 e. The fourth-order valence-electron chi connectivity index (χ4n) is 0.905. The van der Waals surface area contributed by atoms with E-state index in [0.717, 1.165) is 18.0 Å². The minimum absolute atomic E-state index is 0.122. The van der Waals surface area contributed by atoms with Gasteiger partial charge in [0.2, 0.25) is 0 Å². The molecule has 0 amide bonds. The van der Waals surface area contributed by atoms with Crippen LogP contribution in [0.5, 0.6) is 0 Å². The van der Waals surface area contributed by atoms with E-state index < -0.39 is 0 Å². The number of rotatable bonds is 4. The Balaban J connectivity index is 2.73. The van der Waals surface area contributed by atoms with E-state index in [1.807, 2.05) is 30.3 Å². The molecule has 0 saturated heterocycles. The van der Waals surface area contributed by atoms with Crippen molar-refractivity contribution in [3.05, 3.63) is 35.9 Å². The van der Waals surface area contributed by atoms with Gasteiger partial charge in [-0.05, 0) is 5.56 Å². The van der Waals surface area contributed by atoms with Crippen molar-refractivity contribution < 1.29 is 10.4 Å². The first-order valence-corrected chi connectivity index (χ1v) is 4.37. The number of nitrogens with zero attached hydrogens (tertiary/aromatic N) is 4. The summed E-state index contributed by atoms with van der Waals surface area (Å²) in [6, 6.07) is 9.35. The molecule has 0 aromatic heterocycles. The predicted molar refractivity (Wildman–Crippen MR) is 62.0 cm³/mol. The lowest BCUT2D eigenvalue weighted by molar-refractivity contribution is 0.321. The highest BCUT2D eigenvalue weighted by molar-refractivity contribution is 6.55. The van der Waals surface area contributed by atoms with Gasteiger partial charge >= 0.3 is 0 Å². The molecule has 1 aromatic rings. The molecule has 16 heavy (non-hydrogen) atoms. The van der Waals surface area contributed by atoms with Gasteiger partial charge < -0.3 is 10.4 Å². The summed E-state index contributed by atoms with van der Waals surface area (Å²) in [6.07, 6.45) is 3.53. The van der Waals surface area contributed by atoms with Gasteiger partial charge in [0.15, 0.2) is 0 Å². The quantitative estimate of drug-likeness (QED) is 0.454. The lowest BCUT2D eigenvalue weighted by Gasteiger charge is -1.88. The highest BCUT2D eigenvalue weighted by Gasteiger charge is 1.89. The van der Waals surface area contributed by atoms with E-state index in [1.165, 1.54) is 6.21 Å². The molecule has 0 aliphatic carbocycles. The zero-order chi connectivity index (χ0) is 11.6. The van der Waals surface area contributed by atoms with Crippen molar-refractivity contribution >= 4 is 24.4 Å². The largest absolute Gasteiger partial charge is 0.411 e. The molecule has 1 rings (SSSR count). The molecule has 1 aromatic carbocycles. The second-order valence-corrected chi connectivity index (χ2v) is 2.67. The van der Waals surface area contributed by atoms with Crippen LogP contribution in [0.4, 0.5) is 0 Å². The van der Waals surface area contributed by atoms with Gasteiger partial charge in [-0.3, -0.25) is 0 Å². The molecule has 82 valence electrons. The molecule has 0 spiro atoms. The number of hydrogen-bond acceptors (Lipinski definition) is 6. The molecule has 0 fully saturated rings. The van der Waals surface area contributed by atoms with Crippen LogP contribution in [0.25, 0.3) is 0 Å². The van der Waals surface area contributed by atoms with Crippen molar-refractivity contribution in [2.75, 3.05) is 0 Å². The van der Waals surface area contributed by atoms with Crippen molar-refractivity contribution in [1.82, 2.24) is 0 Å². The molecule has 0 bridgehead atoms. The van der Waals surface area contributed by atoms with Crippen molar-refractivity contribution in [3.63, 3.8) is 0 Å². The monoisotopic (exact) mass is 218 g/mol. The maximum Gasteiger partial charge on any atom is 0.129 e. The zero-order valence-corrected chi connectivity index (χ0v) is 8.30. The lowest BCUT2D eigenvalue weighted by Crippen LogP contribution is -2.00. The van der Waals surface area contributed by atoms with Gasteiger partial charge in [-0.15, -0.1) is 5.10 Å². The van der Waals surface area contributed by atoms with Crippen molar-refractivity contribution in [2.24, 2.45) is 20.5 Å². The molecular formula is C10H10N4O2. The van der Waals surface area contributed by atoms with Crippen LogP contribution in [0.1, 0.15) is 5.56 Å². The van der Waals surface area contributed by atoms with Crippen LogP contribution in [-0.4, -0.2) is 34.8 Å². The van der Waals surface area contributed by atoms with Crippen molar-refractivity contribution in [1.29, 1.82) is 0 Å². The van der Waals surface area contributed by atoms with E-state index in [1.54, 1.807) is 0 Å². The van der Waals surface area contributed by atoms with Gasteiger partial charge in [-0.25, -0.2) is 0 Å². The molecule has 0 radical (unpaired) electrons. The van der Waals surface area contributed by atoms with E-state index >= 15 is 0 Å². The summed E-state index contributed by atoms with van der Waals surface area (Å²) in [4.78, 5) is 0. The third-order valence-electron chi connectivity index (χ3n) is 1.56. The van der Waals surface area contributed by atoms with E-state index in [9.17, 15) is 0 Å². The Morgan fingerprint density at radius 2 is 1.62 bits per heavy atom. The number of hydrogen-bond donors (Lipinski definition) is 2. The maximum absolute atomic E-state index is 8.27. The Kier molecular flexibility index (Phi) is 4.98. The molecule has 0 heterocycles. The van der Waals surface area contributed by atoms with E-state index in [0.29, 0.717) is 0 Å². The minimum Gasteiger partial charge on any atom is -0.411 e. The van der Waals surface area contributed by atoms with Crippen LogP contribution >= 0.6 is 0 Å². The Morgan fingerprint density at radius 3 is 2.19 bits per heavy atom. The fraction of sp³-hybridized carbons (Fsp3) is 0. The normalized spacial score (nSPS) is 11.5. The third kappa shape index (κ3) is 4.14. The van der Waals surface area contributed by atoms with Crippen LogP contribution in [0.2, 0.25) is 0 Å². The third-order valence-corrected chi connectivity index (χ3v) is 1.56. The Hall–Kier alpha value is -2.50. The highest BCUT2D eigenvalue weighted by atomic mass is 16.4. The summed E-state index contributed by atoms with van der Waals surface area (Å²) in [6.45, 7) is 0. The van der Waals surface area contributed by atoms with Gasteiger partial charge in [0.1, 0.15) is 5.71 Å². The maximum atomic E-state index is 8.27. The highest BCUT2D eigenvalue weighted by Crippen LogP contribution is 1.93. The van der Waals surface area contributed by atoms with Gasteiger partial charge in [0.25, 0.3) is 0 Å². The molecule has 0 aliphatic heterocycles. The number of oxime groups is 2. The van der Waals surface area contributed by atoms with E-state index in [2.05, 4.69) is 20.5 Å². The summed E-state index contributed by atoms with van der Waals surface area (Å²) in [5.41, 5.74) is 1.00. The molecule has 2 N–H and O–H groups in total. The standard InChI is InChI=1S/C10H10N4O2/c15-12-7-10(8-13-16)14-11-6-9-4-2-1-3-5-9/h1-8,15-16H/b11-6+,12-7+,13-8+. The van der Waals surface area contributed by atoms with Crippen LogP contribution in [0, 0.1) is 0 Å². The van der Waals surface area contributed by atoms with Crippen molar-refractivity contribution in [3.8, 4) is 0 Å². The average molecular weight is 218 g/mol. The summed E-state index contributed by atoms with van der Waals surface area (Å²) in [5, 5.41) is 29.4. The van der Waals surface area contributed by atoms with Gasteiger partial charge in [0.05, 0.1) is 18.6 Å². The Labute approximate surface area is 91.9 Å². The SMILES string of the molecule is O/N=C/C(/C=N/O)=N/N=C/c1ccccc1. The summed E-state index contributed by atoms with van der Waals surface area (Å²) in [7, 11) is 0. The lowest BCUT2D eigenvalue weighted by atomic mass is 10.2. The molecule has 0 saturated carbocycles. The summed E-state index contributed by atoms with van der Waals surface area (Å²) >= 11 is 0. The first-order valence-electron chi connectivity index (χ1n) is 4.37. The van der Waals surface area contributed by atoms with Crippen molar-refractivity contribution in [2.45, 2.75) is 0 Å². The summed E-state index contributed by atoms with van der Waals surface area (Å²) < 4.78 is 0. The first-order chi connectivity index (χ1) is 7.86. The first kappa shape index (κ1) is 11.6. The summed E-state index contributed by atoms with van der Waals surface area (Å²) in [5.74, 6) is 0. The van der Waals surface area contributed by atoms with E-state index in [4.69, 9.17) is 10.4 Å². The zero-order valence-electron chi connectivity index (χ0n) is 8.30. The van der Waals surface area contributed by atoms with E-state index in [-0.39, 0.29) is 5.71 Å². The second kappa shape index (κ2) is 6.88. The molecule has 6 heteroatoms. The topological polar surface area (TPSA) is 89.9 Å². The molecule has 6 nitrogen and oxygen atoms in total. The Morgan fingerprint density at radius 1 is 1.00 bits per heavy atom. The predicted octanol–water partition coefficient (Wildman–Crippen LogP) is 1.38. The van der Waals surface area contributed by atoms with Gasteiger partial charge in [0, 0.05) is 0 Å². The minimum atomic E-state index is 0.122. The van der Waals surface area contributed by atoms with Crippen LogP contribution in [0.3, 0.4) is 0 Å². The van der Waals surface area contributed by atoms with Crippen LogP contribution in [0.15, 0.2) is 50.8 Å². The van der Waals surface area contributed by atoms with Gasteiger partial charge in [-0.2, -0.15) is 5.10 Å². The second-order valence-electron chi connectivity index (χ2n) is 2.67. The molecule has 0 aliphatic rings. The van der Waals surface area contributed by atoms with Crippen LogP contribution < -0.4 is 0 Å². The van der Waals surface area contributed by atoms with Gasteiger partial charge in [-0.1, -0.05) is 40.6 Å². The molecule has 0 atom stereocenters. The number of benzene rings is 1. The average Bonchev–Trinajstić information content (AvgIpc) is 2.31. The van der Waals surface area contributed by atoms with Crippen LogP contribution in [-0.2, 0) is 0 Å². The molecule has 0 unspecified atom stereocenters.